The molecule has 0 aliphatic carbocycles. The maximum absolute atomic E-state index is 5.44. The quantitative estimate of drug-likeness (QED) is 0.730. The molecular weight excluding hydrogens is 326 g/mol. The maximum Gasteiger partial charge on any atom is 0.163 e. The Hall–Kier alpha value is -2.99. The van der Waals surface area contributed by atoms with Crippen molar-refractivity contribution >= 4 is 17.3 Å². The van der Waals surface area contributed by atoms with Crippen LogP contribution < -0.4 is 10.6 Å². The summed E-state index contributed by atoms with van der Waals surface area (Å²) in [5, 5.41) is 6.87. The topological polar surface area (TPSA) is 72.0 Å². The number of benzene rings is 1. The van der Waals surface area contributed by atoms with Gasteiger partial charge in [0.2, 0.25) is 0 Å². The highest BCUT2D eigenvalue weighted by molar-refractivity contribution is 5.65. The van der Waals surface area contributed by atoms with Crippen molar-refractivity contribution in [1.82, 2.24) is 15.0 Å². The molecule has 0 spiro atoms. The monoisotopic (exact) mass is 347 g/mol. The summed E-state index contributed by atoms with van der Waals surface area (Å²) in [7, 11) is 0. The van der Waals surface area contributed by atoms with E-state index in [-0.39, 0.29) is 0 Å². The third-order valence-corrected chi connectivity index (χ3v) is 4.28. The van der Waals surface area contributed by atoms with E-state index in [9.17, 15) is 0 Å². The summed E-state index contributed by atoms with van der Waals surface area (Å²) in [4.78, 5) is 13.5. The van der Waals surface area contributed by atoms with Gasteiger partial charge < -0.3 is 15.4 Å². The van der Waals surface area contributed by atoms with Crippen molar-refractivity contribution < 1.29 is 4.74 Å². The van der Waals surface area contributed by atoms with E-state index in [0.717, 1.165) is 48.9 Å². The van der Waals surface area contributed by atoms with Crippen LogP contribution in [0, 0.1) is 0 Å². The number of pyridine rings is 1. The molecular formula is C20H21N5O. The molecule has 0 unspecified atom stereocenters. The number of hydrogen-bond donors (Lipinski definition) is 2. The van der Waals surface area contributed by atoms with Crippen molar-refractivity contribution in [3.63, 3.8) is 0 Å². The van der Waals surface area contributed by atoms with E-state index in [2.05, 4.69) is 20.6 Å². The summed E-state index contributed by atoms with van der Waals surface area (Å²) < 4.78 is 5.44. The van der Waals surface area contributed by atoms with E-state index < -0.39 is 0 Å². The lowest BCUT2D eigenvalue weighted by atomic mass is 10.1. The van der Waals surface area contributed by atoms with E-state index in [1.807, 2.05) is 48.5 Å². The second-order valence-electron chi connectivity index (χ2n) is 6.22. The van der Waals surface area contributed by atoms with Crippen LogP contribution in [0.2, 0.25) is 0 Å². The van der Waals surface area contributed by atoms with Crippen LogP contribution in [-0.4, -0.2) is 34.2 Å². The van der Waals surface area contributed by atoms with E-state index >= 15 is 0 Å². The molecule has 0 bridgehead atoms. The Kier molecular flexibility index (Phi) is 5.02. The fourth-order valence-electron chi connectivity index (χ4n) is 2.94. The van der Waals surface area contributed by atoms with Gasteiger partial charge in [0, 0.05) is 49.0 Å². The molecule has 26 heavy (non-hydrogen) atoms. The zero-order valence-corrected chi connectivity index (χ0v) is 14.4. The number of anilines is 3. The number of nitrogens with zero attached hydrogens (tertiary/aromatic N) is 3. The van der Waals surface area contributed by atoms with Crippen molar-refractivity contribution in [2.45, 2.75) is 18.9 Å². The minimum Gasteiger partial charge on any atom is -0.381 e. The molecule has 0 atom stereocenters. The van der Waals surface area contributed by atoms with Crippen LogP contribution in [0.3, 0.4) is 0 Å². The molecule has 1 saturated heterocycles. The number of ether oxygens (including phenoxy) is 1. The van der Waals surface area contributed by atoms with E-state index in [0.29, 0.717) is 11.9 Å². The normalized spacial score (nSPS) is 14.8. The zero-order valence-electron chi connectivity index (χ0n) is 14.4. The molecule has 0 radical (unpaired) electrons. The Balaban J connectivity index is 1.64. The number of rotatable bonds is 5. The van der Waals surface area contributed by atoms with Crippen molar-refractivity contribution in [3.05, 3.63) is 60.9 Å². The average molecular weight is 347 g/mol. The Morgan fingerprint density at radius 2 is 1.62 bits per heavy atom. The van der Waals surface area contributed by atoms with Gasteiger partial charge >= 0.3 is 0 Å². The third-order valence-electron chi connectivity index (χ3n) is 4.28. The first-order valence-electron chi connectivity index (χ1n) is 8.83. The summed E-state index contributed by atoms with van der Waals surface area (Å²) in [6.07, 6.45) is 5.47. The molecule has 1 aromatic carbocycles. The highest BCUT2D eigenvalue weighted by Gasteiger charge is 2.15. The smallest absolute Gasteiger partial charge is 0.163 e. The van der Waals surface area contributed by atoms with Gasteiger partial charge in [0.1, 0.15) is 11.6 Å². The van der Waals surface area contributed by atoms with Crippen molar-refractivity contribution in [3.8, 4) is 11.4 Å². The first kappa shape index (κ1) is 16.5. The molecule has 0 amide bonds. The number of hydrogen-bond acceptors (Lipinski definition) is 6. The lowest BCUT2D eigenvalue weighted by Crippen LogP contribution is -2.28. The fourth-order valence-corrected chi connectivity index (χ4v) is 2.94. The van der Waals surface area contributed by atoms with Gasteiger partial charge in [0.15, 0.2) is 5.82 Å². The maximum atomic E-state index is 5.44. The summed E-state index contributed by atoms with van der Waals surface area (Å²) in [6.45, 7) is 1.58. The standard InChI is InChI=1S/C20H21N5O/c1-2-4-15(5-3-1)20-24-18(22-16-6-10-21-11-7-16)14-19(25-20)23-17-8-12-26-13-9-17/h1-7,10-11,14,17H,8-9,12-13H2,(H2,21,22,23,24,25). The molecule has 132 valence electrons. The van der Waals surface area contributed by atoms with Crippen molar-refractivity contribution in [2.75, 3.05) is 23.8 Å². The SMILES string of the molecule is c1ccc(-c2nc(Nc3ccncc3)cc(NC3CCOCC3)n2)cc1. The minimum absolute atomic E-state index is 0.371. The highest BCUT2D eigenvalue weighted by atomic mass is 16.5. The van der Waals surface area contributed by atoms with Gasteiger partial charge in [-0.1, -0.05) is 30.3 Å². The summed E-state index contributed by atoms with van der Waals surface area (Å²) >= 11 is 0. The molecule has 0 saturated carbocycles. The second-order valence-corrected chi connectivity index (χ2v) is 6.22. The van der Waals surface area contributed by atoms with Gasteiger partial charge in [0.05, 0.1) is 0 Å². The molecule has 6 heteroatoms. The van der Waals surface area contributed by atoms with Crippen LogP contribution in [-0.2, 0) is 4.74 Å². The summed E-state index contributed by atoms with van der Waals surface area (Å²) in [5.41, 5.74) is 1.93. The largest absolute Gasteiger partial charge is 0.381 e. The third kappa shape index (κ3) is 4.15. The van der Waals surface area contributed by atoms with Gasteiger partial charge in [-0.25, -0.2) is 9.97 Å². The molecule has 1 aliphatic rings. The van der Waals surface area contributed by atoms with Crippen molar-refractivity contribution in [2.24, 2.45) is 0 Å². The Labute approximate surface area is 152 Å². The van der Waals surface area contributed by atoms with E-state index in [4.69, 9.17) is 9.72 Å². The average Bonchev–Trinajstić information content (AvgIpc) is 2.70. The first-order chi connectivity index (χ1) is 12.9. The van der Waals surface area contributed by atoms with Crippen molar-refractivity contribution in [1.29, 1.82) is 0 Å². The van der Waals surface area contributed by atoms with E-state index in [1.54, 1.807) is 12.4 Å². The molecule has 2 N–H and O–H groups in total. The summed E-state index contributed by atoms with van der Waals surface area (Å²) in [6, 6.07) is 16.2. The molecule has 1 aliphatic heterocycles. The van der Waals surface area contributed by atoms with Crippen LogP contribution in [0.1, 0.15) is 12.8 Å². The van der Waals surface area contributed by atoms with Gasteiger partial charge in [-0.15, -0.1) is 0 Å². The molecule has 3 heterocycles. The predicted molar refractivity (Wildman–Crippen MR) is 102 cm³/mol. The number of aromatic nitrogens is 3. The van der Waals surface area contributed by atoms with Crippen LogP contribution in [0.4, 0.5) is 17.3 Å². The highest BCUT2D eigenvalue weighted by Crippen LogP contribution is 2.24. The minimum atomic E-state index is 0.371. The summed E-state index contributed by atoms with van der Waals surface area (Å²) in [5.74, 6) is 2.26. The molecule has 2 aromatic heterocycles. The zero-order chi connectivity index (χ0) is 17.6. The van der Waals surface area contributed by atoms with Gasteiger partial charge in [-0.2, -0.15) is 0 Å². The lowest BCUT2D eigenvalue weighted by molar-refractivity contribution is 0.0904. The number of nitrogens with one attached hydrogen (secondary N) is 2. The van der Waals surface area contributed by atoms with Crippen LogP contribution in [0.25, 0.3) is 11.4 Å². The second kappa shape index (κ2) is 7.93. The van der Waals surface area contributed by atoms with Crippen LogP contribution in [0.5, 0.6) is 0 Å². The molecule has 6 nitrogen and oxygen atoms in total. The van der Waals surface area contributed by atoms with Gasteiger partial charge in [0.25, 0.3) is 0 Å². The molecule has 4 rings (SSSR count). The lowest BCUT2D eigenvalue weighted by Gasteiger charge is -2.24. The fraction of sp³-hybridized carbons (Fsp3) is 0.250. The van der Waals surface area contributed by atoms with Gasteiger partial charge in [-0.05, 0) is 25.0 Å². The Morgan fingerprint density at radius 1 is 0.885 bits per heavy atom. The first-order valence-corrected chi connectivity index (χ1v) is 8.83. The Morgan fingerprint density at radius 3 is 2.38 bits per heavy atom. The molecule has 1 fully saturated rings. The van der Waals surface area contributed by atoms with Crippen LogP contribution >= 0.6 is 0 Å². The van der Waals surface area contributed by atoms with E-state index in [1.165, 1.54) is 0 Å². The predicted octanol–water partition coefficient (Wildman–Crippen LogP) is 3.87. The molecule has 3 aromatic rings. The Bertz CT molecular complexity index is 835. The van der Waals surface area contributed by atoms with Crippen LogP contribution in [0.15, 0.2) is 60.9 Å². The van der Waals surface area contributed by atoms with Gasteiger partial charge in [-0.3, -0.25) is 4.98 Å².